The van der Waals surface area contributed by atoms with Gasteiger partial charge in [0.15, 0.2) is 0 Å². The van der Waals surface area contributed by atoms with Crippen LogP contribution in [0.3, 0.4) is 0 Å². The quantitative estimate of drug-likeness (QED) is 0.434. The van der Waals surface area contributed by atoms with Crippen LogP contribution >= 0.6 is 17.6 Å². The summed E-state index contributed by atoms with van der Waals surface area (Å²) in [6.45, 7) is 0. The summed E-state index contributed by atoms with van der Waals surface area (Å²) in [5.41, 5.74) is 0. The topological polar surface area (TPSA) is 34.1 Å². The Labute approximate surface area is 65.7 Å². The summed E-state index contributed by atoms with van der Waals surface area (Å²) < 4.78 is 16.8. The van der Waals surface area contributed by atoms with Gasteiger partial charge in [-0.2, -0.15) is 0 Å². The Balaban J connectivity index is -0.0000000275. The molecule has 0 aromatic rings. The number of hydrogen-bond donors (Lipinski definition) is 0. The van der Waals surface area contributed by atoms with Gasteiger partial charge in [-0.25, -0.2) is 9.13 Å². The summed E-state index contributed by atoms with van der Waals surface area (Å²) >= 11 is 1.13. The summed E-state index contributed by atoms with van der Waals surface area (Å²) in [7, 11) is 2.76. The van der Waals surface area contributed by atoms with Gasteiger partial charge in [-0.1, -0.05) is 0 Å². The maximum atomic E-state index is 8.40. The molecule has 0 saturated heterocycles. The summed E-state index contributed by atoms with van der Waals surface area (Å²) in [5.74, 6) is 0. The normalized spacial score (nSPS) is 2.67. The van der Waals surface area contributed by atoms with E-state index in [2.05, 4.69) is 9.29 Å². The fraction of sp³-hybridized carbons (Fsp3) is 0. The van der Waals surface area contributed by atoms with Gasteiger partial charge in [0.25, 0.3) is 0 Å². The molecule has 0 atom stereocenters. The Bertz CT molecular complexity index is 42.8. The van der Waals surface area contributed by atoms with Crippen molar-refractivity contribution in [2.24, 2.45) is 0 Å². The van der Waals surface area contributed by atoms with Gasteiger partial charge in [0.05, 0.1) is 0 Å². The molecule has 0 bridgehead atoms. The first-order valence-corrected chi connectivity index (χ1v) is 5.33. The third-order valence-electron chi connectivity index (χ3n) is 0. The second-order valence-electron chi connectivity index (χ2n) is 0.0833. The first-order valence-electron chi connectivity index (χ1n) is 0.612. The third-order valence-corrected chi connectivity index (χ3v) is 0. The second kappa shape index (κ2) is 31.3. The second-order valence-corrected chi connectivity index (χ2v) is 0.250. The summed E-state index contributed by atoms with van der Waals surface area (Å²) in [4.78, 5) is 0. The molecule has 3 radical (unpaired) electrons. The monoisotopic (exact) mass is 223 g/mol. The van der Waals surface area contributed by atoms with Crippen LogP contribution in [0, 0.1) is 0 Å². The van der Waals surface area contributed by atoms with Crippen LogP contribution in [0.4, 0.5) is 0 Å². The van der Waals surface area contributed by atoms with E-state index in [1.807, 2.05) is 0 Å². The molecule has 0 N–H and O–H groups in total. The summed E-state index contributed by atoms with van der Waals surface area (Å²) in [6, 6.07) is 0. The molecule has 0 aromatic carbocycles. The fourth-order valence-corrected chi connectivity index (χ4v) is 0. The Morgan fingerprint density at radius 1 is 1.33 bits per heavy atom. The molecule has 0 spiro atoms. The van der Waals surface area contributed by atoms with Crippen molar-refractivity contribution >= 4 is 57.1 Å². The van der Waals surface area contributed by atoms with Gasteiger partial charge in [-0.15, -0.1) is 0 Å². The molecule has 0 heterocycles. The molecule has 0 aliphatic heterocycles. The molecule has 2 nitrogen and oxygen atoms in total. The number of rotatable bonds is 0. The molecule has 0 aliphatic carbocycles. The van der Waals surface area contributed by atoms with Gasteiger partial charge in [-0.05, 0) is 0 Å². The van der Waals surface area contributed by atoms with E-state index in [4.69, 9.17) is 9.13 Å². The molecule has 0 saturated carbocycles. The van der Waals surface area contributed by atoms with Crippen molar-refractivity contribution < 1.29 is 9.13 Å². The van der Waals surface area contributed by atoms with Gasteiger partial charge in [-0.3, -0.25) is 0 Å². The minimum absolute atomic E-state index is 0. The molecule has 0 fully saturated rings. The van der Waals surface area contributed by atoms with Crippen LogP contribution in [0.1, 0.15) is 0 Å². The summed E-state index contributed by atoms with van der Waals surface area (Å²) in [6.07, 6.45) is 0. The third kappa shape index (κ3) is 48.9. The van der Waals surface area contributed by atoms with E-state index >= 15 is 0 Å². The maximum absolute atomic E-state index is 8.40. The average Bonchev–Trinajstić information content (AvgIpc) is 1.46. The molecule has 6 heavy (non-hydrogen) atoms. The van der Waals surface area contributed by atoms with Crippen LogP contribution in [0.5, 0.6) is 0 Å². The van der Waals surface area contributed by atoms with Crippen molar-refractivity contribution in [2.45, 2.75) is 0 Å². The molecule has 6 heteroatoms. The average molecular weight is 222 g/mol. The zero-order valence-corrected chi connectivity index (χ0v) is 7.90. The van der Waals surface area contributed by atoms with E-state index in [0.29, 0.717) is 0 Å². The van der Waals surface area contributed by atoms with Crippen LogP contribution in [-0.4, -0.2) is 39.4 Å². The zero-order valence-electron chi connectivity index (χ0n) is 3.22. The van der Waals surface area contributed by atoms with Gasteiger partial charge in [0, 0.05) is 18.9 Å². The van der Waals surface area contributed by atoms with E-state index in [1.54, 1.807) is 0 Å². The fourth-order valence-electron chi connectivity index (χ4n) is 0. The van der Waals surface area contributed by atoms with E-state index in [-0.39, 0.29) is 18.9 Å². The van der Waals surface area contributed by atoms with Gasteiger partial charge in [0.1, 0.15) is 0 Å². The molecule has 0 aliphatic rings. The van der Waals surface area contributed by atoms with Crippen LogP contribution in [0.2, 0.25) is 0 Å². The van der Waals surface area contributed by atoms with Crippen molar-refractivity contribution in [3.8, 4) is 0 Å². The van der Waals surface area contributed by atoms with Gasteiger partial charge in [0.2, 0.25) is 0 Å². The van der Waals surface area contributed by atoms with E-state index in [0.717, 1.165) is 20.6 Å². The van der Waals surface area contributed by atoms with E-state index in [1.165, 1.54) is 0 Å². The van der Waals surface area contributed by atoms with Crippen LogP contribution < -0.4 is 0 Å². The van der Waals surface area contributed by atoms with Crippen molar-refractivity contribution in [2.75, 3.05) is 0 Å². The standard InChI is InChI=1S/Li.HO2P.S.Sn/c;1-3-2;;/h;3H;;. The molecule has 0 amide bonds. The van der Waals surface area contributed by atoms with Gasteiger partial charge >= 0.3 is 38.2 Å². The van der Waals surface area contributed by atoms with Crippen LogP contribution in [0.25, 0.3) is 0 Å². The Hall–Kier alpha value is 1.52. The SMILES string of the molecule is O=[PH]=O.[Li].[S]=[Sn]. The summed E-state index contributed by atoms with van der Waals surface area (Å²) in [5, 5.41) is 0. The van der Waals surface area contributed by atoms with Crippen LogP contribution in [0.15, 0.2) is 0 Å². The van der Waals surface area contributed by atoms with Crippen molar-refractivity contribution in [1.29, 1.82) is 0 Å². The Kier molecular flexibility index (Phi) is 81.7. The van der Waals surface area contributed by atoms with Crippen molar-refractivity contribution in [3.05, 3.63) is 0 Å². The number of hydrogen-bond acceptors (Lipinski definition) is 3. The Morgan fingerprint density at radius 2 is 1.33 bits per heavy atom. The molecule has 0 rings (SSSR count). The predicted molar refractivity (Wildman–Crippen MR) is 28.8 cm³/mol. The molecular formula is HLiO2PSSn. The molecule has 29 valence electrons. The first-order chi connectivity index (χ1) is 2.41. The predicted octanol–water partition coefficient (Wildman–Crippen LogP) is 0.242. The Morgan fingerprint density at radius 3 is 1.33 bits per heavy atom. The van der Waals surface area contributed by atoms with Crippen LogP contribution in [-0.2, 0) is 9.13 Å². The molecular weight excluding hydrogens is 221 g/mol. The molecule has 0 unspecified atom stereocenters. The van der Waals surface area contributed by atoms with Crippen molar-refractivity contribution in [3.63, 3.8) is 0 Å². The van der Waals surface area contributed by atoms with Crippen molar-refractivity contribution in [1.82, 2.24) is 0 Å². The van der Waals surface area contributed by atoms with Gasteiger partial charge < -0.3 is 0 Å². The minimum atomic E-state index is -1.42. The van der Waals surface area contributed by atoms with E-state index < -0.39 is 8.34 Å². The zero-order chi connectivity index (χ0) is 4.71. The molecule has 0 aromatic heterocycles. The first kappa shape index (κ1) is 15.6. The van der Waals surface area contributed by atoms with E-state index in [9.17, 15) is 0 Å².